The van der Waals surface area contributed by atoms with E-state index in [0.717, 1.165) is 31.1 Å². The number of carbonyl (C=O) groups excluding carboxylic acids is 1. The molecule has 2 aliphatic heterocycles. The number of thioether (sulfide) groups is 1. The van der Waals surface area contributed by atoms with Gasteiger partial charge in [-0.05, 0) is 19.8 Å². The van der Waals surface area contributed by atoms with Gasteiger partial charge in [-0.1, -0.05) is 0 Å². The molecule has 86 valence electrons. The Morgan fingerprint density at radius 1 is 1.67 bits per heavy atom. The van der Waals surface area contributed by atoms with E-state index in [-0.39, 0.29) is 24.1 Å². The smallest absolute Gasteiger partial charge is 0.238 e. The van der Waals surface area contributed by atoms with Crippen LogP contribution in [0.4, 0.5) is 0 Å². The predicted octanol–water partition coefficient (Wildman–Crippen LogP) is 0.333. The van der Waals surface area contributed by atoms with Crippen molar-refractivity contribution in [1.29, 1.82) is 0 Å². The van der Waals surface area contributed by atoms with Gasteiger partial charge in [0.1, 0.15) is 0 Å². The zero-order chi connectivity index (χ0) is 10.7. The van der Waals surface area contributed by atoms with Gasteiger partial charge in [-0.25, -0.2) is 0 Å². The lowest BCUT2D eigenvalue weighted by Gasteiger charge is -2.21. The van der Waals surface area contributed by atoms with Gasteiger partial charge in [0.2, 0.25) is 5.91 Å². The number of rotatable bonds is 3. The Kier molecular flexibility index (Phi) is 3.88. The van der Waals surface area contributed by atoms with E-state index in [0.29, 0.717) is 0 Å². The van der Waals surface area contributed by atoms with Gasteiger partial charge < -0.3 is 10.1 Å². The van der Waals surface area contributed by atoms with Crippen LogP contribution in [-0.2, 0) is 9.53 Å². The Morgan fingerprint density at radius 2 is 2.53 bits per heavy atom. The second kappa shape index (κ2) is 5.18. The fourth-order valence-corrected chi connectivity index (χ4v) is 2.92. The monoisotopic (exact) mass is 230 g/mol. The van der Waals surface area contributed by atoms with Crippen LogP contribution in [0.3, 0.4) is 0 Å². The van der Waals surface area contributed by atoms with E-state index in [1.54, 1.807) is 11.8 Å². The normalized spacial score (nSPS) is 32.9. The van der Waals surface area contributed by atoms with Crippen LogP contribution >= 0.6 is 11.8 Å². The molecule has 0 aromatic carbocycles. The quantitative estimate of drug-likeness (QED) is 0.734. The average Bonchev–Trinajstić information content (AvgIpc) is 2.91. The molecular weight excluding hydrogens is 212 g/mol. The molecule has 2 rings (SSSR count). The van der Waals surface area contributed by atoms with Crippen molar-refractivity contribution in [3.8, 4) is 0 Å². The number of nitrogens with one attached hydrogen (secondary N) is 2. The van der Waals surface area contributed by atoms with E-state index >= 15 is 0 Å². The third-order valence-electron chi connectivity index (χ3n) is 2.93. The topological polar surface area (TPSA) is 50.4 Å². The molecular formula is C10H18N2O2S. The Labute approximate surface area is 94.5 Å². The first-order chi connectivity index (χ1) is 7.27. The van der Waals surface area contributed by atoms with E-state index in [9.17, 15) is 4.79 Å². The van der Waals surface area contributed by atoms with Crippen LogP contribution in [-0.4, -0.2) is 42.3 Å². The Balaban J connectivity index is 1.77. The van der Waals surface area contributed by atoms with Gasteiger partial charge in [0.05, 0.1) is 18.2 Å². The molecule has 3 atom stereocenters. The van der Waals surface area contributed by atoms with Crippen LogP contribution in [0.25, 0.3) is 0 Å². The van der Waals surface area contributed by atoms with Crippen molar-refractivity contribution in [2.24, 2.45) is 0 Å². The van der Waals surface area contributed by atoms with Crippen LogP contribution in [0.5, 0.6) is 0 Å². The predicted molar refractivity (Wildman–Crippen MR) is 60.8 cm³/mol. The molecule has 5 heteroatoms. The van der Waals surface area contributed by atoms with Gasteiger partial charge in [0.15, 0.2) is 0 Å². The summed E-state index contributed by atoms with van der Waals surface area (Å²) in [7, 11) is 0. The molecule has 2 heterocycles. The Hall–Kier alpha value is -0.260. The molecule has 2 fully saturated rings. The molecule has 15 heavy (non-hydrogen) atoms. The molecule has 0 radical (unpaired) electrons. The van der Waals surface area contributed by atoms with Crippen molar-refractivity contribution in [2.75, 3.05) is 18.2 Å². The molecule has 0 saturated carbocycles. The highest BCUT2D eigenvalue weighted by Gasteiger charge is 2.28. The molecule has 0 aromatic heterocycles. The van der Waals surface area contributed by atoms with Crippen molar-refractivity contribution < 1.29 is 9.53 Å². The number of carbonyl (C=O) groups is 1. The molecule has 4 nitrogen and oxygen atoms in total. The molecule has 0 bridgehead atoms. The summed E-state index contributed by atoms with van der Waals surface area (Å²) in [6.07, 6.45) is 2.39. The summed E-state index contributed by atoms with van der Waals surface area (Å²) in [4.78, 5) is 11.8. The van der Waals surface area contributed by atoms with Crippen molar-refractivity contribution in [3.05, 3.63) is 0 Å². The highest BCUT2D eigenvalue weighted by Crippen LogP contribution is 2.16. The van der Waals surface area contributed by atoms with Crippen molar-refractivity contribution in [1.82, 2.24) is 10.6 Å². The number of hydrogen-bond acceptors (Lipinski definition) is 4. The van der Waals surface area contributed by atoms with Crippen LogP contribution in [0.1, 0.15) is 19.8 Å². The molecule has 0 aliphatic carbocycles. The van der Waals surface area contributed by atoms with Gasteiger partial charge in [0, 0.05) is 18.2 Å². The lowest BCUT2D eigenvalue weighted by molar-refractivity contribution is -0.123. The van der Waals surface area contributed by atoms with Crippen molar-refractivity contribution in [2.45, 2.75) is 38.0 Å². The van der Waals surface area contributed by atoms with Gasteiger partial charge in [-0.3, -0.25) is 10.1 Å². The molecule has 2 aliphatic rings. The molecule has 1 amide bonds. The summed E-state index contributed by atoms with van der Waals surface area (Å²) < 4.78 is 5.54. The number of amides is 1. The van der Waals surface area contributed by atoms with E-state index in [2.05, 4.69) is 10.6 Å². The SMILES string of the molecule is CC(NC(=O)C1CSCN1)C1CCCO1. The zero-order valence-corrected chi connectivity index (χ0v) is 9.81. The summed E-state index contributed by atoms with van der Waals surface area (Å²) in [6, 6.07) is 0.117. The molecule has 3 unspecified atom stereocenters. The molecule has 2 N–H and O–H groups in total. The summed E-state index contributed by atoms with van der Waals surface area (Å²) in [5.74, 6) is 1.87. The number of hydrogen-bond donors (Lipinski definition) is 2. The third kappa shape index (κ3) is 2.86. The van der Waals surface area contributed by atoms with Crippen LogP contribution < -0.4 is 10.6 Å². The number of ether oxygens (including phenoxy) is 1. The third-order valence-corrected chi connectivity index (χ3v) is 3.87. The van der Waals surface area contributed by atoms with Crippen LogP contribution in [0, 0.1) is 0 Å². The Morgan fingerprint density at radius 3 is 3.13 bits per heavy atom. The lowest BCUT2D eigenvalue weighted by Crippen LogP contribution is -2.49. The maximum Gasteiger partial charge on any atom is 0.238 e. The first-order valence-corrected chi connectivity index (χ1v) is 6.66. The summed E-state index contributed by atoms with van der Waals surface area (Å²) in [6.45, 7) is 2.86. The minimum absolute atomic E-state index is 0.0150. The van der Waals surface area contributed by atoms with Crippen LogP contribution in [0.2, 0.25) is 0 Å². The zero-order valence-electron chi connectivity index (χ0n) is 8.99. The molecule has 2 saturated heterocycles. The fourth-order valence-electron chi connectivity index (χ4n) is 1.98. The fraction of sp³-hybridized carbons (Fsp3) is 0.900. The van der Waals surface area contributed by atoms with Gasteiger partial charge in [-0.15, -0.1) is 11.8 Å². The minimum atomic E-state index is -0.0150. The Bertz CT molecular complexity index is 225. The summed E-state index contributed by atoms with van der Waals surface area (Å²) >= 11 is 1.77. The van der Waals surface area contributed by atoms with E-state index < -0.39 is 0 Å². The van der Waals surface area contributed by atoms with Gasteiger partial charge in [0.25, 0.3) is 0 Å². The van der Waals surface area contributed by atoms with E-state index in [1.807, 2.05) is 6.92 Å². The largest absolute Gasteiger partial charge is 0.376 e. The second-order valence-corrected chi connectivity index (χ2v) is 5.15. The van der Waals surface area contributed by atoms with Gasteiger partial charge >= 0.3 is 0 Å². The minimum Gasteiger partial charge on any atom is -0.376 e. The molecule has 0 spiro atoms. The van der Waals surface area contributed by atoms with Crippen molar-refractivity contribution >= 4 is 17.7 Å². The first-order valence-electron chi connectivity index (χ1n) is 5.50. The van der Waals surface area contributed by atoms with E-state index in [4.69, 9.17) is 4.74 Å². The standard InChI is InChI=1S/C10H18N2O2S/c1-7(9-3-2-4-14-9)12-10(13)8-5-15-6-11-8/h7-9,11H,2-6H2,1H3,(H,12,13). The van der Waals surface area contributed by atoms with Gasteiger partial charge in [-0.2, -0.15) is 0 Å². The second-order valence-electron chi connectivity index (χ2n) is 4.12. The maximum absolute atomic E-state index is 11.8. The first kappa shape index (κ1) is 11.2. The average molecular weight is 230 g/mol. The highest BCUT2D eigenvalue weighted by atomic mass is 32.2. The summed E-state index contributed by atoms with van der Waals surface area (Å²) in [5, 5.41) is 6.19. The van der Waals surface area contributed by atoms with Crippen LogP contribution in [0.15, 0.2) is 0 Å². The van der Waals surface area contributed by atoms with E-state index in [1.165, 1.54) is 0 Å². The molecule has 0 aromatic rings. The summed E-state index contributed by atoms with van der Waals surface area (Å²) in [5.41, 5.74) is 0. The highest BCUT2D eigenvalue weighted by molar-refractivity contribution is 7.99. The van der Waals surface area contributed by atoms with Crippen molar-refractivity contribution in [3.63, 3.8) is 0 Å². The lowest BCUT2D eigenvalue weighted by atomic mass is 10.1. The maximum atomic E-state index is 11.8.